The van der Waals surface area contributed by atoms with Crippen LogP contribution in [0.3, 0.4) is 0 Å². The van der Waals surface area contributed by atoms with Crippen LogP contribution in [-0.4, -0.2) is 63.8 Å². The van der Waals surface area contributed by atoms with Gasteiger partial charge in [0.1, 0.15) is 0 Å². The van der Waals surface area contributed by atoms with Crippen LogP contribution in [0.15, 0.2) is 0 Å². The highest BCUT2D eigenvalue weighted by Crippen LogP contribution is 2.10. The fourth-order valence-electron chi connectivity index (χ4n) is 2.02. The monoisotopic (exact) mass is 298 g/mol. The number of likely N-dealkylation sites (N-methyl/N-ethyl adjacent to an activating group) is 1. The van der Waals surface area contributed by atoms with Crippen molar-refractivity contribution in [1.29, 1.82) is 0 Å². The second kappa shape index (κ2) is 7.99. The van der Waals surface area contributed by atoms with Crippen molar-refractivity contribution in [3.05, 3.63) is 17.0 Å². The average Bonchev–Trinajstić information content (AvgIpc) is 2.70. The van der Waals surface area contributed by atoms with Crippen molar-refractivity contribution in [2.24, 2.45) is 0 Å². The minimum absolute atomic E-state index is 0.110. The molecule has 1 aromatic rings. The van der Waals surface area contributed by atoms with E-state index in [-0.39, 0.29) is 19.2 Å². The van der Waals surface area contributed by atoms with Crippen molar-refractivity contribution < 1.29 is 15.0 Å². The number of hydrogen-bond acceptors (Lipinski definition) is 4. The predicted molar refractivity (Wildman–Crippen MR) is 80.2 cm³/mol. The minimum atomic E-state index is -0.904. The Morgan fingerprint density at radius 3 is 2.62 bits per heavy atom. The highest BCUT2D eigenvalue weighted by Gasteiger charge is 2.12. The van der Waals surface area contributed by atoms with Gasteiger partial charge in [-0.25, -0.2) is 4.79 Å². The first-order valence-corrected chi connectivity index (χ1v) is 7.15. The average molecular weight is 298 g/mol. The molecule has 0 saturated heterocycles. The van der Waals surface area contributed by atoms with Crippen LogP contribution in [0.5, 0.6) is 0 Å². The number of carbonyl (C=O) groups excluding carboxylic acids is 1. The Kier molecular flexibility index (Phi) is 6.64. The quantitative estimate of drug-likeness (QED) is 0.627. The summed E-state index contributed by atoms with van der Waals surface area (Å²) in [7, 11) is 1.58. The number of nitrogens with one attached hydrogen (secondary N) is 1. The molecule has 0 aliphatic heterocycles. The number of carbonyl (C=O) groups is 1. The standard InChI is InChI=1S/C14H26N4O3/c1-10-11(2)16-18(12(10)3)7-5-6-15-14(21)17(4)8-13(20)9-19/h13,19-20H,5-9H2,1-4H3,(H,15,21). The number of aliphatic hydroxyl groups is 2. The van der Waals surface area contributed by atoms with Crippen LogP contribution in [0, 0.1) is 20.8 Å². The number of aromatic nitrogens is 2. The number of nitrogens with zero attached hydrogens (tertiary/aromatic N) is 3. The summed E-state index contributed by atoms with van der Waals surface area (Å²) < 4.78 is 1.95. The number of aliphatic hydroxyl groups excluding tert-OH is 2. The number of amides is 2. The molecule has 0 fully saturated rings. The molecule has 1 unspecified atom stereocenters. The van der Waals surface area contributed by atoms with E-state index in [1.807, 2.05) is 18.5 Å². The molecule has 0 bridgehead atoms. The molecule has 7 nitrogen and oxygen atoms in total. The van der Waals surface area contributed by atoms with Crippen LogP contribution in [0.1, 0.15) is 23.4 Å². The van der Waals surface area contributed by atoms with Crippen LogP contribution < -0.4 is 5.32 Å². The minimum Gasteiger partial charge on any atom is -0.394 e. The second-order valence-corrected chi connectivity index (χ2v) is 5.32. The van der Waals surface area contributed by atoms with Gasteiger partial charge in [0.2, 0.25) is 0 Å². The van der Waals surface area contributed by atoms with Gasteiger partial charge >= 0.3 is 6.03 Å². The number of rotatable bonds is 7. The van der Waals surface area contributed by atoms with Crippen LogP contribution in [0.25, 0.3) is 0 Å². The molecule has 0 spiro atoms. The van der Waals surface area contributed by atoms with Crippen LogP contribution in [-0.2, 0) is 6.54 Å². The fourth-order valence-corrected chi connectivity index (χ4v) is 2.02. The van der Waals surface area contributed by atoms with E-state index in [4.69, 9.17) is 5.11 Å². The van der Waals surface area contributed by atoms with Gasteiger partial charge in [-0.05, 0) is 32.8 Å². The third-order valence-corrected chi connectivity index (χ3v) is 3.61. The Hall–Kier alpha value is -1.60. The molecular weight excluding hydrogens is 272 g/mol. The SMILES string of the molecule is Cc1nn(CCCNC(=O)N(C)CC(O)CO)c(C)c1C. The molecule has 0 aliphatic rings. The molecule has 1 aromatic heterocycles. The Labute approximate surface area is 125 Å². The van der Waals surface area contributed by atoms with E-state index in [0.717, 1.165) is 24.4 Å². The molecule has 7 heteroatoms. The molecule has 120 valence electrons. The summed E-state index contributed by atoms with van der Waals surface area (Å²) in [4.78, 5) is 13.1. The lowest BCUT2D eigenvalue weighted by molar-refractivity contribution is 0.0733. The first-order chi connectivity index (χ1) is 9.86. The van der Waals surface area contributed by atoms with E-state index < -0.39 is 6.10 Å². The summed E-state index contributed by atoms with van der Waals surface area (Å²) in [6.07, 6.45) is -0.123. The number of hydrogen-bond donors (Lipinski definition) is 3. The Bertz CT molecular complexity index is 473. The summed E-state index contributed by atoms with van der Waals surface area (Å²) in [6.45, 7) is 7.13. The predicted octanol–water partition coefficient (Wildman–Crippen LogP) is 0.193. The first-order valence-electron chi connectivity index (χ1n) is 7.15. The van der Waals surface area contributed by atoms with Gasteiger partial charge in [0, 0.05) is 25.8 Å². The van der Waals surface area contributed by atoms with Crippen molar-refractivity contribution in [3.8, 4) is 0 Å². The van der Waals surface area contributed by atoms with Crippen LogP contribution in [0.4, 0.5) is 4.79 Å². The molecule has 1 rings (SSSR count). The molecule has 0 aromatic carbocycles. The van der Waals surface area contributed by atoms with E-state index in [1.54, 1.807) is 7.05 Å². The van der Waals surface area contributed by atoms with Gasteiger partial charge in [-0.2, -0.15) is 5.10 Å². The Morgan fingerprint density at radius 2 is 2.10 bits per heavy atom. The van der Waals surface area contributed by atoms with Gasteiger partial charge in [0.05, 0.1) is 24.9 Å². The molecule has 1 heterocycles. The van der Waals surface area contributed by atoms with Gasteiger partial charge in [-0.15, -0.1) is 0 Å². The topological polar surface area (TPSA) is 90.6 Å². The molecule has 3 N–H and O–H groups in total. The maximum Gasteiger partial charge on any atom is 0.317 e. The van der Waals surface area contributed by atoms with Crippen molar-refractivity contribution in [1.82, 2.24) is 20.0 Å². The fraction of sp³-hybridized carbons (Fsp3) is 0.714. The lowest BCUT2D eigenvalue weighted by atomic mass is 10.2. The molecule has 2 amide bonds. The van der Waals surface area contributed by atoms with Gasteiger partial charge in [0.25, 0.3) is 0 Å². The van der Waals surface area contributed by atoms with Crippen molar-refractivity contribution in [2.75, 3.05) is 26.7 Å². The number of aryl methyl sites for hydroxylation is 2. The Morgan fingerprint density at radius 1 is 1.43 bits per heavy atom. The molecule has 0 aliphatic carbocycles. The summed E-state index contributed by atoms with van der Waals surface area (Å²) >= 11 is 0. The molecule has 21 heavy (non-hydrogen) atoms. The summed E-state index contributed by atoms with van der Waals surface area (Å²) in [5.74, 6) is 0. The van der Waals surface area contributed by atoms with Crippen molar-refractivity contribution in [3.63, 3.8) is 0 Å². The maximum atomic E-state index is 11.7. The summed E-state index contributed by atoms with van der Waals surface area (Å²) in [5, 5.41) is 25.2. The van der Waals surface area contributed by atoms with E-state index >= 15 is 0 Å². The van der Waals surface area contributed by atoms with Crippen molar-refractivity contribution in [2.45, 2.75) is 39.8 Å². The molecule has 0 saturated carbocycles. The van der Waals surface area contributed by atoms with E-state index in [9.17, 15) is 9.90 Å². The van der Waals surface area contributed by atoms with E-state index in [1.165, 1.54) is 10.5 Å². The third-order valence-electron chi connectivity index (χ3n) is 3.61. The highest BCUT2D eigenvalue weighted by atomic mass is 16.3. The Balaban J connectivity index is 2.30. The lowest BCUT2D eigenvalue weighted by Crippen LogP contribution is -2.42. The highest BCUT2D eigenvalue weighted by molar-refractivity contribution is 5.73. The number of urea groups is 1. The summed E-state index contributed by atoms with van der Waals surface area (Å²) in [5.41, 5.74) is 3.40. The second-order valence-electron chi connectivity index (χ2n) is 5.32. The van der Waals surface area contributed by atoms with E-state index in [2.05, 4.69) is 17.3 Å². The van der Waals surface area contributed by atoms with Gasteiger partial charge in [-0.1, -0.05) is 0 Å². The zero-order chi connectivity index (χ0) is 16.0. The normalized spacial score (nSPS) is 12.3. The zero-order valence-corrected chi connectivity index (χ0v) is 13.3. The lowest BCUT2D eigenvalue weighted by Gasteiger charge is -2.20. The third kappa shape index (κ3) is 5.02. The molecular formula is C14H26N4O3. The van der Waals surface area contributed by atoms with E-state index in [0.29, 0.717) is 6.54 Å². The zero-order valence-electron chi connectivity index (χ0n) is 13.3. The van der Waals surface area contributed by atoms with Gasteiger partial charge in [-0.3, -0.25) is 4.68 Å². The molecule has 0 radical (unpaired) electrons. The summed E-state index contributed by atoms with van der Waals surface area (Å²) in [6, 6.07) is -0.257. The smallest absolute Gasteiger partial charge is 0.317 e. The maximum absolute atomic E-state index is 11.7. The van der Waals surface area contributed by atoms with Crippen LogP contribution >= 0.6 is 0 Å². The first kappa shape index (κ1) is 17.5. The van der Waals surface area contributed by atoms with Gasteiger partial charge < -0.3 is 20.4 Å². The molecule has 1 atom stereocenters. The van der Waals surface area contributed by atoms with Crippen LogP contribution in [0.2, 0.25) is 0 Å². The van der Waals surface area contributed by atoms with Gasteiger partial charge in [0.15, 0.2) is 0 Å². The van der Waals surface area contributed by atoms with Crippen molar-refractivity contribution >= 4 is 6.03 Å². The largest absolute Gasteiger partial charge is 0.394 e.